The zero-order chi connectivity index (χ0) is 65.9. The van der Waals surface area contributed by atoms with Crippen molar-refractivity contribution in [3.05, 3.63) is 101 Å². The first-order chi connectivity index (χ1) is 43.3. The van der Waals surface area contributed by atoms with Crippen molar-refractivity contribution in [2.75, 3.05) is 34.0 Å². The van der Waals surface area contributed by atoms with Gasteiger partial charge in [0.2, 0.25) is 24.6 Å². The standard InChI is InChI=1S/C59H68O32/c1-22-54(91-41(66)11-7-24-5-9-31(30(64)13-24)85-57-51(76)47(72)44(69)38(89-57)20-81-40(65)10-6-23-4-8-28(62)29(63)12-23)49(74)53(78)56(83-22)82-21-39-45(70)48(73)52(77)59(90-39)87-36-18-27-32(84-55(36)25-14-34(79-2)42(67)35(15-25)80-3)16-26(61)17-33(27)86-58-50(75)46(71)43(68)37(19-60)88-58/h4-18,22,37-39,43-64,67-78H,19-21H2,1-3H3/p+1/b10-6+,11-7+/t22-,37+,38-,39+,43+,44+,45+,46-,47-,48+,49+,50+,51+,52-,53-,54-,55?,56+,57+,58+,59+/m0/s1. The molecule has 0 amide bonds. The summed E-state index contributed by atoms with van der Waals surface area (Å²) < 4.78 is 72.4. The molecule has 4 aromatic rings. The number of carbonyl (C=O) groups is 2. The average molecular weight is 1290 g/mol. The van der Waals surface area contributed by atoms with Crippen molar-refractivity contribution >= 4 is 30.2 Å². The van der Waals surface area contributed by atoms with Crippen LogP contribution in [0.2, 0.25) is 0 Å². The molecule has 91 heavy (non-hydrogen) atoms. The number of hydrogen-bond donors (Lipinski definition) is 17. The van der Waals surface area contributed by atoms with Gasteiger partial charge in [-0.2, -0.15) is 0 Å². The molecular weight excluding hydrogens is 1220 g/mol. The van der Waals surface area contributed by atoms with Gasteiger partial charge in [0.05, 0.1) is 45.2 Å². The Kier molecular flexibility index (Phi) is 21.4. The van der Waals surface area contributed by atoms with E-state index in [9.17, 15) is 96.4 Å². The van der Waals surface area contributed by atoms with Gasteiger partial charge in [0.15, 0.2) is 52.7 Å². The molecule has 0 aliphatic carbocycles. The van der Waals surface area contributed by atoms with Crippen molar-refractivity contribution < 1.29 is 158 Å². The molecule has 32 nitrogen and oxygen atoms in total. The summed E-state index contributed by atoms with van der Waals surface area (Å²) >= 11 is 0. The van der Waals surface area contributed by atoms with Crippen LogP contribution in [0.25, 0.3) is 18.2 Å². The Labute approximate surface area is 515 Å². The highest BCUT2D eigenvalue weighted by Gasteiger charge is 2.51. The van der Waals surface area contributed by atoms with Crippen molar-refractivity contribution in [3.8, 4) is 57.5 Å². The lowest BCUT2D eigenvalue weighted by molar-refractivity contribution is -0.325. The van der Waals surface area contributed by atoms with Crippen LogP contribution in [0.5, 0.6) is 57.5 Å². The van der Waals surface area contributed by atoms with Crippen LogP contribution in [0.4, 0.5) is 0 Å². The zero-order valence-electron chi connectivity index (χ0n) is 48.2. The van der Waals surface area contributed by atoms with Gasteiger partial charge in [-0.1, -0.05) is 12.1 Å². The predicted octanol–water partition coefficient (Wildman–Crippen LogP) is -2.88. The molecule has 1 unspecified atom stereocenters. The molecule has 9 rings (SSSR count). The molecule has 5 aliphatic rings. The number of esters is 2. The summed E-state index contributed by atoms with van der Waals surface area (Å²) in [5.74, 6) is -5.14. The van der Waals surface area contributed by atoms with Gasteiger partial charge in [-0.25, -0.2) is 9.59 Å². The Balaban J connectivity index is 0.823. The number of aliphatic hydroxyl groups excluding tert-OH is 12. The molecule has 32 heteroatoms. The molecule has 5 aliphatic heterocycles. The third kappa shape index (κ3) is 14.9. The number of rotatable bonds is 20. The summed E-state index contributed by atoms with van der Waals surface area (Å²) in [6.45, 7) is -0.794. The summed E-state index contributed by atoms with van der Waals surface area (Å²) in [7, 11) is 2.52. The first-order valence-electron chi connectivity index (χ1n) is 27.9. The van der Waals surface area contributed by atoms with Crippen LogP contribution < -0.4 is 18.9 Å². The van der Waals surface area contributed by atoms with E-state index in [0.717, 1.165) is 24.3 Å². The number of carbonyl (C=O) groups excluding carboxylic acids is 2. The van der Waals surface area contributed by atoms with Crippen molar-refractivity contribution in [2.45, 2.75) is 136 Å². The minimum absolute atomic E-state index is 0.00322. The molecule has 21 atom stereocenters. The van der Waals surface area contributed by atoms with Crippen molar-refractivity contribution in [2.24, 2.45) is 0 Å². The number of phenolic OH excluding ortho intramolecular Hbond substituents is 5. The molecule has 4 aromatic carbocycles. The number of phenols is 5. The van der Waals surface area contributed by atoms with Gasteiger partial charge in [-0.3, -0.25) is 0 Å². The van der Waals surface area contributed by atoms with Crippen molar-refractivity contribution in [3.63, 3.8) is 0 Å². The molecule has 0 saturated carbocycles. The Morgan fingerprint density at radius 2 is 1.05 bits per heavy atom. The summed E-state index contributed by atoms with van der Waals surface area (Å²) in [6, 6.07) is 12.5. The fourth-order valence-corrected chi connectivity index (χ4v) is 10.2. The lowest BCUT2D eigenvalue weighted by atomic mass is 9.97. The number of aliphatic hydroxyl groups is 13. The van der Waals surface area contributed by atoms with E-state index >= 15 is 0 Å². The molecule has 4 fully saturated rings. The largest absolute Gasteiger partial charge is 0.571 e. The first-order valence-corrected chi connectivity index (χ1v) is 27.9. The molecule has 0 aromatic heterocycles. The summed E-state index contributed by atoms with van der Waals surface area (Å²) in [5.41, 5.74) is 0.716. The molecule has 0 spiro atoms. The van der Waals surface area contributed by atoms with E-state index in [1.807, 2.05) is 0 Å². The lowest BCUT2D eigenvalue weighted by Gasteiger charge is -2.43. The highest BCUT2D eigenvalue weighted by molar-refractivity contribution is 5.88. The smallest absolute Gasteiger partial charge is 0.331 e. The Hall–Kier alpha value is -7.84. The molecule has 18 N–H and O–H groups in total. The van der Waals surface area contributed by atoms with Gasteiger partial charge >= 0.3 is 11.9 Å². The normalized spacial score (nSPS) is 33.3. The Morgan fingerprint density at radius 3 is 1.64 bits per heavy atom. The van der Waals surface area contributed by atoms with Crippen LogP contribution in [-0.4, -0.2) is 260 Å². The second kappa shape index (κ2) is 28.8. The minimum Gasteiger partial charge on any atom is -0.571 e. The average Bonchev–Trinajstić information content (AvgIpc) is 0.986. The summed E-state index contributed by atoms with van der Waals surface area (Å²) in [6.07, 6.45) is -30.7. The maximum absolute atomic E-state index is 13.1. The van der Waals surface area contributed by atoms with Crippen LogP contribution in [0, 0.1) is 0 Å². The highest BCUT2D eigenvalue weighted by atomic mass is 16.7. The molecular formula is C59H69O32+. The molecule has 4 saturated heterocycles. The zero-order valence-corrected chi connectivity index (χ0v) is 48.2. The van der Waals surface area contributed by atoms with Gasteiger partial charge in [0.25, 0.3) is 11.9 Å². The number of ether oxygens (including phenoxy) is 13. The molecule has 0 bridgehead atoms. The number of hydrogen-bond acceptors (Lipinski definition) is 31. The van der Waals surface area contributed by atoms with E-state index < -0.39 is 184 Å². The van der Waals surface area contributed by atoms with Crippen LogP contribution in [0.3, 0.4) is 0 Å². The van der Waals surface area contributed by atoms with Gasteiger partial charge in [-0.15, -0.1) is 0 Å². The van der Waals surface area contributed by atoms with E-state index in [0.29, 0.717) is 5.56 Å². The van der Waals surface area contributed by atoms with Crippen molar-refractivity contribution in [1.29, 1.82) is 0 Å². The first kappa shape index (κ1) is 67.6. The van der Waals surface area contributed by atoms with E-state index in [1.54, 1.807) is 0 Å². The van der Waals surface area contributed by atoms with E-state index in [2.05, 4.69) is 0 Å². The summed E-state index contributed by atoms with van der Waals surface area (Å²) in [4.78, 5) is 25.5. The van der Waals surface area contributed by atoms with Crippen LogP contribution in [-0.2, 0) is 47.5 Å². The van der Waals surface area contributed by atoms with Gasteiger partial charge < -0.3 is 148 Å². The number of fused-ring (bicyclic) bond motifs is 1. The second-order valence-corrected chi connectivity index (χ2v) is 21.5. The van der Waals surface area contributed by atoms with Crippen LogP contribution in [0.15, 0.2) is 78.6 Å². The fraction of sp³-hybridized carbons (Fsp3) is 0.458. The van der Waals surface area contributed by atoms with Crippen LogP contribution in [0.1, 0.15) is 35.3 Å². The molecule has 496 valence electrons. The van der Waals surface area contributed by atoms with Gasteiger partial charge in [0.1, 0.15) is 109 Å². The molecule has 0 radical (unpaired) electrons. The molecule has 5 heterocycles. The number of benzene rings is 4. The third-order valence-corrected chi connectivity index (χ3v) is 15.3. The van der Waals surface area contributed by atoms with Gasteiger partial charge in [-0.05, 0) is 66.6 Å². The highest BCUT2D eigenvalue weighted by Crippen LogP contribution is 2.49. The quantitative estimate of drug-likeness (QED) is 0.0183. The predicted molar refractivity (Wildman–Crippen MR) is 300 cm³/mol. The number of methoxy groups -OCH3 is 2. The Morgan fingerprint density at radius 1 is 0.527 bits per heavy atom. The Bertz CT molecular complexity index is 3270. The second-order valence-electron chi connectivity index (χ2n) is 21.5. The third-order valence-electron chi connectivity index (χ3n) is 15.3. The van der Waals surface area contributed by atoms with E-state index in [-0.39, 0.29) is 56.9 Å². The van der Waals surface area contributed by atoms with E-state index in [1.165, 1.54) is 87.9 Å². The maximum atomic E-state index is 13.1. The minimum atomic E-state index is -2.02. The van der Waals surface area contributed by atoms with Crippen molar-refractivity contribution in [1.82, 2.24) is 0 Å². The lowest BCUT2D eigenvalue weighted by Crippen LogP contribution is -2.61. The maximum Gasteiger partial charge on any atom is 0.331 e. The van der Waals surface area contributed by atoms with E-state index in [4.69, 9.17) is 61.6 Å². The van der Waals surface area contributed by atoms with Gasteiger partial charge in [0, 0.05) is 24.3 Å². The topological polar surface area (TPSA) is 502 Å². The SMILES string of the molecule is COc1cc(C2[OH+]c3cc(O)cc(O[C@@H]4O[C@H](CO)[C@@H](O)[C@H](O)[C@H]4O)c3C=C2O[C@@H]2O[C@H](CO[C@@H]3O[C@@H](C)[C@H](OC(=O)/C=C/c4ccc(O[C@@H]5O[C@@H](COC(=O)/C=C/c6ccc(O)c(O)c6)[C@@H](O)[C@H](O)[C@H]5O)c(O)c4)[C@H](O)[C@@H]3O)[C@@H](O)[C@@H](O)[C@@H]2O)cc(OC)c1O. The fourth-order valence-electron chi connectivity index (χ4n) is 10.2. The monoisotopic (exact) mass is 1290 g/mol. The summed E-state index contributed by atoms with van der Waals surface area (Å²) in [5, 5.41) is 181. The van der Waals surface area contributed by atoms with Crippen LogP contribution >= 0.6 is 0 Å². The number of aromatic hydroxyl groups is 6.